The van der Waals surface area contributed by atoms with Gasteiger partial charge in [0.1, 0.15) is 0 Å². The van der Waals surface area contributed by atoms with Crippen LogP contribution in [0.3, 0.4) is 0 Å². The molecule has 4 nitrogen and oxygen atoms in total. The van der Waals surface area contributed by atoms with Crippen LogP contribution in [0.15, 0.2) is 12.4 Å². The second-order valence-electron chi connectivity index (χ2n) is 3.79. The third kappa shape index (κ3) is 1.80. The largest absolute Gasteiger partial charge is 0.367 e. The third-order valence-electron chi connectivity index (χ3n) is 2.61. The Labute approximate surface area is 83.1 Å². The van der Waals surface area contributed by atoms with Crippen molar-refractivity contribution < 1.29 is 4.79 Å². The minimum absolute atomic E-state index is 0.0238. The molecule has 0 aliphatic carbocycles. The Morgan fingerprint density at radius 3 is 2.86 bits per heavy atom. The summed E-state index contributed by atoms with van der Waals surface area (Å²) in [7, 11) is 0. The molecule has 2 rings (SSSR count). The van der Waals surface area contributed by atoms with Gasteiger partial charge in [0, 0.05) is 37.9 Å². The molecule has 1 saturated heterocycles. The van der Waals surface area contributed by atoms with Gasteiger partial charge in [-0.2, -0.15) is 0 Å². The molecule has 0 bridgehead atoms. The maximum absolute atomic E-state index is 11.6. The second-order valence-corrected chi connectivity index (χ2v) is 3.79. The molecule has 0 spiro atoms. The zero-order chi connectivity index (χ0) is 9.97. The Bertz CT molecular complexity index is 328. The predicted octanol–water partition coefficient (Wildman–Crippen LogP) is 0.272. The van der Waals surface area contributed by atoms with Gasteiger partial charge in [-0.25, -0.2) is 0 Å². The lowest BCUT2D eigenvalue weighted by molar-refractivity contribution is 0.0942. The number of carbonyl (C=O) groups is 1. The first kappa shape index (κ1) is 9.27. The van der Waals surface area contributed by atoms with Crippen molar-refractivity contribution in [2.75, 3.05) is 19.6 Å². The predicted molar refractivity (Wildman–Crippen MR) is 54.2 cm³/mol. The van der Waals surface area contributed by atoms with E-state index < -0.39 is 0 Å². The summed E-state index contributed by atoms with van der Waals surface area (Å²) in [4.78, 5) is 14.5. The molecule has 1 aliphatic heterocycles. The monoisotopic (exact) mass is 193 g/mol. The zero-order valence-electron chi connectivity index (χ0n) is 8.26. The molecule has 14 heavy (non-hydrogen) atoms. The molecule has 3 N–H and O–H groups in total. The van der Waals surface area contributed by atoms with Crippen LogP contribution in [0, 0.1) is 12.8 Å². The Kier molecular flexibility index (Phi) is 2.54. The van der Waals surface area contributed by atoms with Crippen molar-refractivity contribution in [3.8, 4) is 0 Å². The fourth-order valence-electron chi connectivity index (χ4n) is 1.51. The summed E-state index contributed by atoms with van der Waals surface area (Å²) in [6.45, 7) is 4.74. The van der Waals surface area contributed by atoms with Crippen molar-refractivity contribution in [3.63, 3.8) is 0 Å². The molecular formula is C10H15N3O. The maximum Gasteiger partial charge on any atom is 0.253 e. The normalized spacial score (nSPS) is 16.4. The molecule has 2 heterocycles. The number of amides is 1. The van der Waals surface area contributed by atoms with Crippen LogP contribution in [0.2, 0.25) is 0 Å². The number of carbonyl (C=O) groups excluding carboxylic acids is 1. The summed E-state index contributed by atoms with van der Waals surface area (Å²) < 4.78 is 0. The van der Waals surface area contributed by atoms with E-state index in [-0.39, 0.29) is 5.91 Å². The van der Waals surface area contributed by atoms with E-state index in [1.165, 1.54) is 0 Å². The number of aryl methyl sites for hydroxylation is 1. The lowest BCUT2D eigenvalue weighted by Crippen LogP contribution is -2.48. The van der Waals surface area contributed by atoms with Crippen molar-refractivity contribution in [3.05, 3.63) is 23.5 Å². The summed E-state index contributed by atoms with van der Waals surface area (Å²) in [5, 5.41) is 6.10. The minimum atomic E-state index is 0.0238. The lowest BCUT2D eigenvalue weighted by atomic mass is 10.0. The molecule has 0 saturated carbocycles. The molecule has 1 aliphatic rings. The van der Waals surface area contributed by atoms with Crippen LogP contribution >= 0.6 is 0 Å². The third-order valence-corrected chi connectivity index (χ3v) is 2.61. The Morgan fingerprint density at radius 1 is 1.57 bits per heavy atom. The Hall–Kier alpha value is -1.29. The first-order valence-corrected chi connectivity index (χ1v) is 4.89. The van der Waals surface area contributed by atoms with E-state index in [4.69, 9.17) is 0 Å². The quantitative estimate of drug-likeness (QED) is 0.645. The number of rotatable bonds is 3. The summed E-state index contributed by atoms with van der Waals surface area (Å²) in [5.41, 5.74) is 1.74. The number of aromatic amines is 1. The van der Waals surface area contributed by atoms with Crippen molar-refractivity contribution in [2.24, 2.45) is 5.92 Å². The average molecular weight is 193 g/mol. The Morgan fingerprint density at radius 2 is 2.36 bits per heavy atom. The molecule has 0 radical (unpaired) electrons. The van der Waals surface area contributed by atoms with Crippen LogP contribution in [0.5, 0.6) is 0 Å². The molecule has 1 aromatic heterocycles. The molecule has 1 aromatic rings. The highest BCUT2D eigenvalue weighted by atomic mass is 16.1. The van der Waals surface area contributed by atoms with Crippen molar-refractivity contribution in [1.82, 2.24) is 15.6 Å². The fourth-order valence-corrected chi connectivity index (χ4v) is 1.51. The minimum Gasteiger partial charge on any atom is -0.367 e. The van der Waals surface area contributed by atoms with Crippen LogP contribution in [0.1, 0.15) is 15.9 Å². The van der Waals surface area contributed by atoms with Crippen LogP contribution < -0.4 is 10.6 Å². The number of hydrogen-bond acceptors (Lipinski definition) is 2. The molecule has 4 heteroatoms. The van der Waals surface area contributed by atoms with Gasteiger partial charge >= 0.3 is 0 Å². The van der Waals surface area contributed by atoms with Gasteiger partial charge in [-0.3, -0.25) is 4.79 Å². The molecule has 1 fully saturated rings. The van der Waals surface area contributed by atoms with Gasteiger partial charge in [-0.05, 0) is 12.5 Å². The van der Waals surface area contributed by atoms with Crippen LogP contribution in [0.25, 0.3) is 0 Å². The highest BCUT2D eigenvalue weighted by Gasteiger charge is 2.18. The molecule has 76 valence electrons. The van der Waals surface area contributed by atoms with Crippen molar-refractivity contribution in [1.29, 1.82) is 0 Å². The van der Waals surface area contributed by atoms with Crippen molar-refractivity contribution >= 4 is 5.91 Å². The van der Waals surface area contributed by atoms with Gasteiger partial charge in [-0.1, -0.05) is 0 Å². The maximum atomic E-state index is 11.6. The highest BCUT2D eigenvalue weighted by molar-refractivity contribution is 5.95. The standard InChI is InChI=1S/C10H15N3O/c1-7-2-11-6-9(7)10(14)13-5-8-3-12-4-8/h2,6,8,11-12H,3-5H2,1H3,(H,13,14). The first-order valence-electron chi connectivity index (χ1n) is 4.89. The van der Waals surface area contributed by atoms with Gasteiger partial charge < -0.3 is 15.6 Å². The summed E-state index contributed by atoms with van der Waals surface area (Å²) in [5.74, 6) is 0.633. The molecule has 0 unspecified atom stereocenters. The van der Waals surface area contributed by atoms with Gasteiger partial charge in [0.25, 0.3) is 5.91 Å². The van der Waals surface area contributed by atoms with E-state index in [1.807, 2.05) is 13.1 Å². The van der Waals surface area contributed by atoms with Gasteiger partial charge in [0.05, 0.1) is 5.56 Å². The fraction of sp³-hybridized carbons (Fsp3) is 0.500. The van der Waals surface area contributed by atoms with E-state index in [9.17, 15) is 4.79 Å². The molecular weight excluding hydrogens is 178 g/mol. The van der Waals surface area contributed by atoms with E-state index in [2.05, 4.69) is 15.6 Å². The van der Waals surface area contributed by atoms with Crippen LogP contribution in [0.4, 0.5) is 0 Å². The van der Waals surface area contributed by atoms with Gasteiger partial charge in [-0.15, -0.1) is 0 Å². The zero-order valence-corrected chi connectivity index (χ0v) is 8.26. The van der Waals surface area contributed by atoms with E-state index >= 15 is 0 Å². The number of H-pyrrole nitrogens is 1. The topological polar surface area (TPSA) is 56.9 Å². The SMILES string of the molecule is Cc1c[nH]cc1C(=O)NCC1CNC1. The second kappa shape index (κ2) is 3.84. The number of nitrogens with one attached hydrogen (secondary N) is 3. The highest BCUT2D eigenvalue weighted by Crippen LogP contribution is 2.06. The van der Waals surface area contributed by atoms with Gasteiger partial charge in [0.15, 0.2) is 0 Å². The van der Waals surface area contributed by atoms with Crippen LogP contribution in [-0.2, 0) is 0 Å². The van der Waals surface area contributed by atoms with Crippen LogP contribution in [-0.4, -0.2) is 30.5 Å². The summed E-state index contributed by atoms with van der Waals surface area (Å²) >= 11 is 0. The number of aromatic nitrogens is 1. The van der Waals surface area contributed by atoms with E-state index in [0.717, 1.165) is 30.8 Å². The molecule has 0 aromatic carbocycles. The summed E-state index contributed by atoms with van der Waals surface area (Å²) in [6.07, 6.45) is 3.57. The summed E-state index contributed by atoms with van der Waals surface area (Å²) in [6, 6.07) is 0. The molecule has 0 atom stereocenters. The average Bonchev–Trinajstić information content (AvgIpc) is 2.48. The van der Waals surface area contributed by atoms with E-state index in [1.54, 1.807) is 6.20 Å². The first-order chi connectivity index (χ1) is 6.77. The Balaban J connectivity index is 1.86. The molecule has 1 amide bonds. The smallest absolute Gasteiger partial charge is 0.253 e. The van der Waals surface area contributed by atoms with Gasteiger partial charge in [0.2, 0.25) is 0 Å². The number of hydrogen-bond donors (Lipinski definition) is 3. The van der Waals surface area contributed by atoms with Crippen molar-refractivity contribution in [2.45, 2.75) is 6.92 Å². The van der Waals surface area contributed by atoms with E-state index in [0.29, 0.717) is 5.92 Å². The lowest BCUT2D eigenvalue weighted by Gasteiger charge is -2.27.